The van der Waals surface area contributed by atoms with E-state index < -0.39 is 17.6 Å². The fraction of sp³-hybridized carbons (Fsp3) is 0.250. The number of nitrogens with one attached hydrogen (secondary N) is 1. The molecular weight excluding hydrogens is 397 g/mol. The quantitative estimate of drug-likeness (QED) is 0.510. The Labute approximate surface area is 170 Å². The number of hydrazone groups is 1. The summed E-state index contributed by atoms with van der Waals surface area (Å²) < 4.78 is 38.5. The summed E-state index contributed by atoms with van der Waals surface area (Å²) in [6.07, 6.45) is -2.93. The lowest BCUT2D eigenvalue weighted by Gasteiger charge is -2.06. The van der Waals surface area contributed by atoms with Crippen molar-refractivity contribution in [2.24, 2.45) is 5.10 Å². The van der Waals surface area contributed by atoms with Crippen LogP contribution in [0, 0.1) is 20.8 Å². The van der Waals surface area contributed by atoms with Crippen molar-refractivity contribution in [1.29, 1.82) is 0 Å². The molecule has 0 atom stereocenters. The average Bonchev–Trinajstić information content (AvgIpc) is 3.13. The minimum absolute atomic E-state index is 0.0110. The van der Waals surface area contributed by atoms with E-state index in [1.807, 2.05) is 32.9 Å². The van der Waals surface area contributed by atoms with Crippen LogP contribution in [-0.4, -0.2) is 32.3 Å². The Hall–Kier alpha value is -3.56. The number of aryl methyl sites for hydroxylation is 3. The van der Waals surface area contributed by atoms with E-state index in [9.17, 15) is 18.0 Å². The molecule has 0 spiro atoms. The molecule has 1 amide bonds. The molecule has 156 valence electrons. The Morgan fingerprint density at radius 2 is 1.87 bits per heavy atom. The number of carbonyl (C=O) groups is 1. The Morgan fingerprint density at radius 3 is 2.60 bits per heavy atom. The Kier molecular flexibility index (Phi) is 5.95. The number of hydrogen-bond donors (Lipinski definition) is 1. The molecule has 0 saturated carbocycles. The highest BCUT2D eigenvalue weighted by Gasteiger charge is 2.30. The van der Waals surface area contributed by atoms with E-state index in [1.165, 1.54) is 17.7 Å². The van der Waals surface area contributed by atoms with Gasteiger partial charge in [0.2, 0.25) is 5.82 Å². The van der Waals surface area contributed by atoms with Crippen LogP contribution in [-0.2, 0) is 17.5 Å². The summed E-state index contributed by atoms with van der Waals surface area (Å²) in [5.74, 6) is -0.510. The van der Waals surface area contributed by atoms with Crippen molar-refractivity contribution in [2.45, 2.75) is 33.5 Å². The summed E-state index contributed by atoms with van der Waals surface area (Å²) in [6, 6.07) is 8.59. The predicted molar refractivity (Wildman–Crippen MR) is 105 cm³/mol. The van der Waals surface area contributed by atoms with Crippen LogP contribution in [0.3, 0.4) is 0 Å². The molecule has 0 aliphatic carbocycles. The van der Waals surface area contributed by atoms with Gasteiger partial charge < -0.3 is 0 Å². The second-order valence-electron chi connectivity index (χ2n) is 6.81. The first-order valence-corrected chi connectivity index (χ1v) is 8.98. The molecule has 10 heteroatoms. The maximum Gasteiger partial charge on any atom is 0.416 e. The molecule has 0 aliphatic rings. The van der Waals surface area contributed by atoms with Crippen molar-refractivity contribution in [2.75, 3.05) is 0 Å². The molecule has 1 aromatic heterocycles. The molecule has 0 saturated heterocycles. The van der Waals surface area contributed by atoms with Gasteiger partial charge in [-0.1, -0.05) is 18.2 Å². The van der Waals surface area contributed by atoms with Crippen molar-refractivity contribution >= 4 is 12.1 Å². The van der Waals surface area contributed by atoms with Gasteiger partial charge in [-0.2, -0.15) is 23.1 Å². The fourth-order valence-electron chi connectivity index (χ4n) is 2.72. The van der Waals surface area contributed by atoms with E-state index in [0.717, 1.165) is 33.6 Å². The minimum Gasteiger partial charge on any atom is -0.271 e. The third kappa shape index (κ3) is 5.07. The summed E-state index contributed by atoms with van der Waals surface area (Å²) in [4.78, 5) is 13.0. The molecule has 1 heterocycles. The van der Waals surface area contributed by atoms with E-state index in [0.29, 0.717) is 0 Å². The minimum atomic E-state index is -4.47. The Balaban J connectivity index is 1.64. The molecule has 1 N–H and O–H groups in total. The van der Waals surface area contributed by atoms with Crippen LogP contribution in [0.1, 0.15) is 27.8 Å². The van der Waals surface area contributed by atoms with Gasteiger partial charge in [-0.05, 0) is 66.4 Å². The van der Waals surface area contributed by atoms with Gasteiger partial charge in [-0.25, -0.2) is 5.43 Å². The standard InChI is InChI=1S/C20H19F3N6O/c1-12-7-14(3)16(8-13(12)2)10-24-25-18(30)11-29-27-19(26-28-29)15-5-4-6-17(9-15)20(21,22)23/h4-10H,11H2,1-3H3,(H,25,30)/b24-10-. The molecule has 2 aromatic carbocycles. The van der Waals surface area contributed by atoms with Crippen molar-refractivity contribution in [1.82, 2.24) is 25.6 Å². The van der Waals surface area contributed by atoms with Crippen LogP contribution in [0.25, 0.3) is 11.4 Å². The van der Waals surface area contributed by atoms with Gasteiger partial charge >= 0.3 is 6.18 Å². The molecule has 0 fully saturated rings. The number of amides is 1. The molecule has 0 bridgehead atoms. The SMILES string of the molecule is Cc1cc(C)c(/C=N\NC(=O)Cn2nnc(-c3cccc(C(F)(F)F)c3)n2)cc1C. The molecule has 0 unspecified atom stereocenters. The normalized spacial score (nSPS) is 11.8. The van der Waals surface area contributed by atoms with Gasteiger partial charge in [0, 0.05) is 5.56 Å². The summed E-state index contributed by atoms with van der Waals surface area (Å²) >= 11 is 0. The Morgan fingerprint density at radius 1 is 1.13 bits per heavy atom. The second kappa shape index (κ2) is 8.44. The lowest BCUT2D eigenvalue weighted by molar-refractivity contribution is -0.137. The molecule has 0 aliphatic heterocycles. The molecule has 0 radical (unpaired) electrons. The molecular formula is C20H19F3N6O. The third-order valence-corrected chi connectivity index (χ3v) is 4.46. The molecule has 3 rings (SSSR count). The van der Waals surface area contributed by atoms with Crippen molar-refractivity contribution in [3.8, 4) is 11.4 Å². The number of halogens is 3. The number of carbonyl (C=O) groups excluding carboxylic acids is 1. The van der Waals surface area contributed by atoms with Gasteiger partial charge in [0.1, 0.15) is 6.54 Å². The van der Waals surface area contributed by atoms with Gasteiger partial charge in [0.05, 0.1) is 11.8 Å². The largest absolute Gasteiger partial charge is 0.416 e. The van der Waals surface area contributed by atoms with Gasteiger partial charge in [0.15, 0.2) is 0 Å². The molecule has 3 aromatic rings. The molecule has 7 nitrogen and oxygen atoms in total. The van der Waals surface area contributed by atoms with E-state index in [4.69, 9.17) is 0 Å². The Bertz CT molecular complexity index is 1100. The number of alkyl halides is 3. The summed E-state index contributed by atoms with van der Waals surface area (Å²) in [6.45, 7) is 5.67. The first kappa shape index (κ1) is 21.2. The summed E-state index contributed by atoms with van der Waals surface area (Å²) in [5, 5.41) is 15.3. The predicted octanol–water partition coefficient (Wildman–Crippen LogP) is 3.43. The van der Waals surface area contributed by atoms with E-state index >= 15 is 0 Å². The van der Waals surface area contributed by atoms with Crippen LogP contribution in [0.4, 0.5) is 13.2 Å². The number of aromatic nitrogens is 4. The summed E-state index contributed by atoms with van der Waals surface area (Å²) in [7, 11) is 0. The number of hydrogen-bond acceptors (Lipinski definition) is 5. The zero-order valence-electron chi connectivity index (χ0n) is 16.5. The highest BCUT2D eigenvalue weighted by Crippen LogP contribution is 2.31. The van der Waals surface area contributed by atoms with Crippen molar-refractivity contribution in [3.05, 3.63) is 64.2 Å². The fourth-order valence-corrected chi connectivity index (χ4v) is 2.72. The number of nitrogens with zero attached hydrogens (tertiary/aromatic N) is 5. The zero-order valence-corrected chi connectivity index (χ0v) is 16.5. The van der Waals surface area contributed by atoms with Crippen LogP contribution in [0.2, 0.25) is 0 Å². The van der Waals surface area contributed by atoms with Gasteiger partial charge in [-0.3, -0.25) is 4.79 Å². The maximum absolute atomic E-state index is 12.8. The van der Waals surface area contributed by atoms with Crippen LogP contribution >= 0.6 is 0 Å². The maximum atomic E-state index is 12.8. The van der Waals surface area contributed by atoms with E-state index in [2.05, 4.69) is 25.9 Å². The van der Waals surface area contributed by atoms with Crippen LogP contribution in [0.15, 0.2) is 41.5 Å². The number of benzene rings is 2. The van der Waals surface area contributed by atoms with E-state index in [1.54, 1.807) is 6.21 Å². The van der Waals surface area contributed by atoms with E-state index in [-0.39, 0.29) is 17.9 Å². The lowest BCUT2D eigenvalue weighted by atomic mass is 10.0. The first-order chi connectivity index (χ1) is 14.1. The third-order valence-electron chi connectivity index (χ3n) is 4.46. The number of rotatable bonds is 5. The molecule has 30 heavy (non-hydrogen) atoms. The van der Waals surface area contributed by atoms with Gasteiger partial charge in [-0.15, -0.1) is 10.2 Å². The smallest absolute Gasteiger partial charge is 0.271 e. The second-order valence-corrected chi connectivity index (χ2v) is 6.81. The van der Waals surface area contributed by atoms with Crippen molar-refractivity contribution in [3.63, 3.8) is 0 Å². The summed E-state index contributed by atoms with van der Waals surface area (Å²) in [5.41, 5.74) is 5.90. The van der Waals surface area contributed by atoms with Gasteiger partial charge in [0.25, 0.3) is 5.91 Å². The topological polar surface area (TPSA) is 85.1 Å². The monoisotopic (exact) mass is 416 g/mol. The van der Waals surface area contributed by atoms with Crippen LogP contribution < -0.4 is 5.43 Å². The van der Waals surface area contributed by atoms with Crippen molar-refractivity contribution < 1.29 is 18.0 Å². The lowest BCUT2D eigenvalue weighted by Crippen LogP contribution is -2.24. The highest BCUT2D eigenvalue weighted by atomic mass is 19.4. The zero-order chi connectivity index (χ0) is 21.9. The number of tetrazole rings is 1. The van der Waals surface area contributed by atoms with Crippen LogP contribution in [0.5, 0.6) is 0 Å². The average molecular weight is 416 g/mol. The highest BCUT2D eigenvalue weighted by molar-refractivity contribution is 5.84. The first-order valence-electron chi connectivity index (χ1n) is 8.98.